The van der Waals surface area contributed by atoms with Crippen molar-refractivity contribution < 1.29 is 98.0 Å². The molecule has 1 radical (unpaired) electrons. The minimum Gasteiger partial charge on any atom is -0.280 e. The van der Waals surface area contributed by atoms with Crippen molar-refractivity contribution in [2.24, 2.45) is 20.7 Å². The molecule has 4 amide bonds. The molecule has 3 aromatic heterocycles. The van der Waals surface area contributed by atoms with Gasteiger partial charge in [-0.1, -0.05) is 94.6 Å². The third kappa shape index (κ3) is 37.6. The van der Waals surface area contributed by atoms with Crippen LogP contribution < -0.4 is 30.8 Å². The SMILES string of the molecule is Brc1ccc(Cn2cnnn2)cc1.CC1(C)OB(c2ccc(N3C[C@H](CN=CB=O)OC3=O)cc2F)OC1(C)C.CC1(C)O[B]OC1(C)C.CCN(C(C)C)C(C)C.Cl.NC[C@H]1CN(c2ccc(-c3ccc(Cn4cnnn4)cc3)c(F)c2)C(=O)O1.O=BC=NC[C@H]1CN(c2ccc(-c3ccc(Cn4cnnn4)cc3)c(F)c2)C(=O)O1.O=BC=NC[C@H]1CN(c2ccc(I)c(F)c2)C(=O)O1.O=C(Cl)C(Cl)Cl.O=C(Cl)CCl. The van der Waals surface area contributed by atoms with Crippen molar-refractivity contribution in [1.29, 1.82) is 0 Å². The topological polar surface area (TPSA) is 438 Å². The van der Waals surface area contributed by atoms with Crippen LogP contribution in [0.5, 0.6) is 0 Å². The Balaban J connectivity index is 0.000000234. The number of nitrogens with two attached hydrogens (primary N) is 1. The molecule has 10 aromatic rings. The Morgan fingerprint density at radius 3 is 1.10 bits per heavy atom. The number of amides is 4. The molecule has 0 aliphatic carbocycles. The van der Waals surface area contributed by atoms with Gasteiger partial charge in [0.2, 0.25) is 5.24 Å². The molecule has 146 heavy (non-hydrogen) atoms. The smallest absolute Gasteiger partial charge is 0.254 e. The summed E-state index contributed by atoms with van der Waals surface area (Å²) >= 11 is 29.3. The molecule has 4 atom stereocenters. The Morgan fingerprint density at radius 1 is 0.521 bits per heavy atom. The van der Waals surface area contributed by atoms with Crippen LogP contribution in [0.2, 0.25) is 0 Å². The molecule has 2 N–H and O–H groups in total. The first kappa shape index (κ1) is 122. The number of nitrogens with zero attached hydrogens (tertiary/aromatic N) is 20. The van der Waals surface area contributed by atoms with Gasteiger partial charge in [-0.05, 0) is 197 Å². The van der Waals surface area contributed by atoms with Gasteiger partial charge in [0.05, 0.1) is 60.2 Å². The molecular formula is C91H105B5BrCl6F4IN21O17. The molecule has 6 aliphatic heterocycles. The summed E-state index contributed by atoms with van der Waals surface area (Å²) in [6.45, 7) is 31.6. The second-order valence-electron chi connectivity index (χ2n) is 34.4. The average Bonchev–Trinajstić information content (AvgIpc) is 1.59. The number of aromatic nitrogens is 12. The van der Waals surface area contributed by atoms with Crippen molar-refractivity contribution in [2.75, 3.05) is 84.4 Å². The Labute approximate surface area is 896 Å². The summed E-state index contributed by atoms with van der Waals surface area (Å²) in [6, 6.07) is 42.6. The largest absolute Gasteiger partial charge is 0.280 e. The molecule has 7 aromatic carbocycles. The number of tetrazole rings is 3. The molecule has 16 rings (SSSR count). The van der Waals surface area contributed by atoms with E-state index in [1.54, 1.807) is 68.9 Å². The number of alkyl halides is 3. The number of cyclic esters (lactones) is 4. The van der Waals surface area contributed by atoms with Gasteiger partial charge < -0.3 is 19.8 Å². The van der Waals surface area contributed by atoms with E-state index < -0.39 is 93.8 Å². The molecule has 0 bridgehead atoms. The fourth-order valence-electron chi connectivity index (χ4n) is 13.7. The van der Waals surface area contributed by atoms with Crippen molar-refractivity contribution in [3.63, 3.8) is 0 Å². The summed E-state index contributed by atoms with van der Waals surface area (Å²) < 4.78 is 137. The van der Waals surface area contributed by atoms with Crippen molar-refractivity contribution in [1.82, 2.24) is 65.5 Å². The van der Waals surface area contributed by atoms with Crippen molar-refractivity contribution >= 4 is 227 Å². The standard InChI is InChI=1S/C19H16BFN6O3.C18H17FN6O2.C17H21B2FN2O5.C11H9BFIN2O3.C8H7BrN4.C8H19N.C6H12BO2.C2HCl3O.C2H2Cl2O.ClH/c21-18-7-15(27-10-16(30-19(27)28)8-22-11-20-29)5-6-17(18)14-3-1-13(2-4-14)9-26-12-23-24-25-26;19-17-7-14(25-10-15(8-20)27-18(25)26)5-6-16(17)13-3-1-12(2-4-13)9-24-11-21-22-23-24;1-16(2)17(3,4)27-19(26-16)13-6-5-11(7-14(13)20)22-9-12(25-15(22)23)8-21-10-18-24;13-9-3-7(1-2-10(9)14)16-5-8(19-11(16)17)4-15-6-12-18;9-8-3-1-7(2-4-8)5-13-6-10-11-12-13;1-6-9(7(2)3)8(4)5;1-5(2)6(3,4)9-7-8-5;3-1(4)2(5)6;3-1-2(4)5;/h1-7,11-12,16H,8-10H2;1-7,11,15H,8-10,20H2;5-7,10,12H,8-9H2,1-4H3;1-3,6,8H,4-5H2;1-4,6H,5H2;7-8H,6H2,1-5H3;1-4H3;1H;1H2;1H/t16-;15-;12-;8-;;;;;;/m0000....../s1. The van der Waals surface area contributed by atoms with Gasteiger partial charge >= 0.3 is 375 Å². The quantitative estimate of drug-likeness (QED) is 0.00905. The van der Waals surface area contributed by atoms with Crippen LogP contribution in [-0.2, 0) is 80.9 Å². The van der Waals surface area contributed by atoms with Gasteiger partial charge in [-0.2, -0.15) is 0 Å². The van der Waals surface area contributed by atoms with E-state index in [4.69, 9.17) is 101 Å². The number of carbonyl (C=O) groups is 6. The maximum atomic E-state index is 14.8. The van der Waals surface area contributed by atoms with Gasteiger partial charge in [-0.25, -0.2) is 23.2 Å². The van der Waals surface area contributed by atoms with E-state index in [0.717, 1.165) is 46.0 Å². The van der Waals surface area contributed by atoms with Crippen molar-refractivity contribution in [2.45, 2.75) is 173 Å². The maximum Gasteiger partial charge on any atom is 0.254 e. The van der Waals surface area contributed by atoms with E-state index in [-0.39, 0.29) is 92.7 Å². The Kier molecular flexibility index (Phi) is 49.8. The number of benzene rings is 7. The zero-order chi connectivity index (χ0) is 106. The van der Waals surface area contributed by atoms with Crippen LogP contribution in [0.3, 0.4) is 0 Å². The first-order chi connectivity index (χ1) is 68.8. The zero-order valence-electron chi connectivity index (χ0n) is 81.5. The van der Waals surface area contributed by atoms with Crippen molar-refractivity contribution in [3.8, 4) is 22.3 Å². The van der Waals surface area contributed by atoms with Gasteiger partial charge in [-0.15, -0.1) is 39.3 Å². The Morgan fingerprint density at radius 2 is 0.836 bits per heavy atom. The van der Waals surface area contributed by atoms with Crippen LogP contribution in [0.1, 0.15) is 107 Å². The summed E-state index contributed by atoms with van der Waals surface area (Å²) in [7, 11) is 2.27. The molecule has 6 fully saturated rings. The van der Waals surface area contributed by atoms with E-state index in [1.807, 2.05) is 151 Å². The first-order valence-electron chi connectivity index (χ1n) is 44.7. The van der Waals surface area contributed by atoms with E-state index >= 15 is 0 Å². The molecule has 775 valence electrons. The van der Waals surface area contributed by atoms with Crippen LogP contribution in [0.4, 0.5) is 59.5 Å². The van der Waals surface area contributed by atoms with Crippen LogP contribution in [0, 0.1) is 26.8 Å². The number of aliphatic imine (C=N–C) groups is 3. The maximum absolute atomic E-state index is 14.8. The van der Waals surface area contributed by atoms with Gasteiger partial charge in [0.1, 0.15) is 30.9 Å². The summed E-state index contributed by atoms with van der Waals surface area (Å²) in [5.41, 5.74) is 11.4. The molecule has 9 heterocycles. The molecule has 6 aliphatic rings. The van der Waals surface area contributed by atoms with Crippen molar-refractivity contribution in [3.05, 3.63) is 213 Å². The number of carbonyl (C=O) groups excluding carboxylic acids is 6. The first-order valence-corrected chi connectivity index (χ1v) is 48.7. The van der Waals surface area contributed by atoms with Gasteiger partial charge in [0.25, 0.3) is 5.24 Å². The monoisotopic (exact) mass is 2310 g/mol. The number of hydrogen-bond acceptors (Lipinski definition) is 31. The van der Waals surface area contributed by atoms with Crippen LogP contribution >= 0.6 is 109 Å². The van der Waals surface area contributed by atoms with E-state index in [9.17, 15) is 60.4 Å². The Hall–Kier alpha value is -10.7. The summed E-state index contributed by atoms with van der Waals surface area (Å²) in [5, 5.41) is 31.6. The fourth-order valence-corrected chi connectivity index (χ4v) is 14.3. The molecule has 6 saturated heterocycles. The van der Waals surface area contributed by atoms with Gasteiger partial charge in [0, 0.05) is 28.7 Å². The number of anilines is 4. The predicted octanol–water partition coefficient (Wildman–Crippen LogP) is 14.8. The number of ether oxygens (including phenoxy) is 4. The van der Waals surface area contributed by atoms with Crippen LogP contribution in [0.25, 0.3) is 22.3 Å². The molecule has 0 saturated carbocycles. The Bertz CT molecular complexity index is 5980. The number of hydrogen-bond donors (Lipinski definition) is 1. The second kappa shape index (κ2) is 59.5. The average molecular weight is 2310 g/mol. The summed E-state index contributed by atoms with van der Waals surface area (Å²) in [5.74, 6) is -1.86. The van der Waals surface area contributed by atoms with E-state index in [1.165, 1.54) is 69.8 Å². The molecule has 0 unspecified atom stereocenters. The van der Waals surface area contributed by atoms with E-state index in [2.05, 4.69) is 117 Å². The minimum atomic E-state index is -1.08. The molecular weight excluding hydrogens is 2210 g/mol. The second-order valence-corrected chi connectivity index (χ2v) is 38.6. The third-order valence-corrected chi connectivity index (χ3v) is 25.2. The van der Waals surface area contributed by atoms with Gasteiger partial charge in [0.15, 0.2) is 4.84 Å². The van der Waals surface area contributed by atoms with Crippen LogP contribution in [0.15, 0.2) is 184 Å². The van der Waals surface area contributed by atoms with Crippen LogP contribution in [-0.4, -0.2) is 283 Å². The van der Waals surface area contributed by atoms with Gasteiger partial charge in [-0.3, -0.25) is 19.4 Å². The molecule has 38 nitrogen and oxygen atoms in total. The fraction of sp³-hybridized carbons (Fsp3) is 0.407. The van der Waals surface area contributed by atoms with E-state index in [0.29, 0.717) is 103 Å². The normalized spacial score (nSPS) is 17.3. The zero-order valence-corrected chi connectivity index (χ0v) is 89.8. The minimum absolute atomic E-state index is 0. The predicted molar refractivity (Wildman–Crippen MR) is 563 cm³/mol. The summed E-state index contributed by atoms with van der Waals surface area (Å²) in [6.07, 6.45) is 4.03. The summed E-state index contributed by atoms with van der Waals surface area (Å²) in [4.78, 5) is 85.1. The molecule has 0 spiro atoms. The molecule has 55 heteroatoms. The third-order valence-electron chi connectivity index (χ3n) is 22.5. The number of rotatable bonds is 28. The number of halogens is 12.